The van der Waals surface area contributed by atoms with E-state index in [-0.39, 0.29) is 5.91 Å². The largest absolute Gasteiger partial charge is 0.384 e. The highest BCUT2D eigenvalue weighted by molar-refractivity contribution is 6.02. The fourth-order valence-corrected chi connectivity index (χ4v) is 1.96. The summed E-state index contributed by atoms with van der Waals surface area (Å²) in [6.45, 7) is 3.12. The highest BCUT2D eigenvalue weighted by Gasteiger charge is 2.07. The lowest BCUT2D eigenvalue weighted by Crippen LogP contribution is -2.13. The van der Waals surface area contributed by atoms with Crippen LogP contribution in [-0.2, 0) is 0 Å². The minimum Gasteiger partial charge on any atom is -0.384 e. The van der Waals surface area contributed by atoms with Gasteiger partial charge in [-0.25, -0.2) is 4.98 Å². The first kappa shape index (κ1) is 15.0. The second kappa shape index (κ2) is 8.04. The Hall–Kier alpha value is -2.36. The fraction of sp³-hybridized carbons (Fsp3) is 0.294. The second-order valence-corrected chi connectivity index (χ2v) is 4.89. The van der Waals surface area contributed by atoms with Crippen LogP contribution < -0.4 is 10.6 Å². The van der Waals surface area contributed by atoms with Crippen molar-refractivity contribution in [1.29, 1.82) is 0 Å². The number of pyridine rings is 1. The molecule has 0 saturated heterocycles. The van der Waals surface area contributed by atoms with Crippen molar-refractivity contribution in [2.75, 3.05) is 17.2 Å². The third-order valence-corrected chi connectivity index (χ3v) is 3.14. The monoisotopic (exact) mass is 283 g/mol. The zero-order valence-electron chi connectivity index (χ0n) is 12.3. The number of hydrogen-bond donors (Lipinski definition) is 2. The molecule has 4 heteroatoms. The minimum absolute atomic E-state index is 0.196. The van der Waals surface area contributed by atoms with Crippen LogP contribution in [0.25, 0.3) is 0 Å². The number of amides is 1. The Morgan fingerprint density at radius 3 is 2.52 bits per heavy atom. The van der Waals surface area contributed by atoms with E-state index in [0.29, 0.717) is 5.69 Å². The lowest BCUT2D eigenvalue weighted by atomic mass is 10.2. The van der Waals surface area contributed by atoms with Gasteiger partial charge in [-0.15, -0.1) is 0 Å². The number of para-hydroxylation sites is 1. The Bertz CT molecular complexity index is 552. The molecule has 1 heterocycles. The summed E-state index contributed by atoms with van der Waals surface area (Å²) in [7, 11) is 0. The molecule has 2 N–H and O–H groups in total. The fourth-order valence-electron chi connectivity index (χ4n) is 1.96. The van der Waals surface area contributed by atoms with E-state index < -0.39 is 0 Å². The molecule has 110 valence electrons. The molecule has 0 aliphatic carbocycles. The summed E-state index contributed by atoms with van der Waals surface area (Å²) in [5.41, 5.74) is 2.13. The predicted octanol–water partition coefficient (Wildman–Crippen LogP) is 3.94. The molecule has 1 amide bonds. The van der Waals surface area contributed by atoms with E-state index >= 15 is 0 Å². The molecule has 2 aromatic rings. The molecule has 0 unspecified atom stereocenters. The van der Waals surface area contributed by atoms with Gasteiger partial charge < -0.3 is 10.6 Å². The topological polar surface area (TPSA) is 54.0 Å². The Morgan fingerprint density at radius 2 is 1.86 bits per heavy atom. The van der Waals surface area contributed by atoms with E-state index in [1.165, 1.54) is 12.8 Å². The summed E-state index contributed by atoms with van der Waals surface area (Å²) in [5, 5.41) is 6.12. The third kappa shape index (κ3) is 4.91. The predicted molar refractivity (Wildman–Crippen MR) is 86.6 cm³/mol. The molecule has 0 saturated carbocycles. The molecular formula is C17H21N3O. The van der Waals surface area contributed by atoms with Crippen molar-refractivity contribution in [3.05, 3.63) is 54.4 Å². The number of nitrogens with one attached hydrogen (secondary N) is 2. The van der Waals surface area contributed by atoms with Gasteiger partial charge in [-0.1, -0.05) is 38.0 Å². The van der Waals surface area contributed by atoms with Crippen LogP contribution in [0, 0.1) is 0 Å². The molecule has 0 bridgehead atoms. The number of aromatic nitrogens is 1. The summed E-state index contributed by atoms with van der Waals surface area (Å²) in [6, 6.07) is 13.0. The summed E-state index contributed by atoms with van der Waals surface area (Å²) in [4.78, 5) is 16.2. The van der Waals surface area contributed by atoms with Crippen molar-refractivity contribution in [2.45, 2.75) is 26.2 Å². The number of hydrogen-bond acceptors (Lipinski definition) is 3. The lowest BCUT2D eigenvalue weighted by Gasteiger charge is -2.07. The van der Waals surface area contributed by atoms with Crippen LogP contribution in [0.4, 0.5) is 11.4 Å². The van der Waals surface area contributed by atoms with Crippen LogP contribution in [0.15, 0.2) is 48.7 Å². The lowest BCUT2D eigenvalue weighted by molar-refractivity contribution is 0.102. The van der Waals surface area contributed by atoms with Gasteiger partial charge in [0.05, 0.1) is 11.9 Å². The van der Waals surface area contributed by atoms with E-state index in [2.05, 4.69) is 22.5 Å². The number of nitrogens with zero attached hydrogens (tertiary/aromatic N) is 1. The molecule has 2 rings (SSSR count). The van der Waals surface area contributed by atoms with Crippen LogP contribution in [-0.4, -0.2) is 17.4 Å². The maximum atomic E-state index is 12.0. The van der Waals surface area contributed by atoms with Gasteiger partial charge in [0.1, 0.15) is 5.69 Å². The van der Waals surface area contributed by atoms with Gasteiger partial charge in [0, 0.05) is 12.2 Å². The molecule has 1 aromatic carbocycles. The smallest absolute Gasteiger partial charge is 0.274 e. The van der Waals surface area contributed by atoms with Gasteiger partial charge in [0.2, 0.25) is 0 Å². The summed E-state index contributed by atoms with van der Waals surface area (Å²) in [6.07, 6.45) is 5.27. The number of carbonyl (C=O) groups excluding carboxylic acids is 1. The van der Waals surface area contributed by atoms with E-state index in [4.69, 9.17) is 0 Å². The first-order valence-electron chi connectivity index (χ1n) is 7.36. The van der Waals surface area contributed by atoms with Crippen molar-refractivity contribution in [1.82, 2.24) is 4.98 Å². The van der Waals surface area contributed by atoms with Crippen molar-refractivity contribution in [3.63, 3.8) is 0 Å². The molecular weight excluding hydrogens is 262 g/mol. The van der Waals surface area contributed by atoms with Crippen molar-refractivity contribution in [3.8, 4) is 0 Å². The van der Waals surface area contributed by atoms with Crippen molar-refractivity contribution >= 4 is 17.3 Å². The Kier molecular flexibility index (Phi) is 5.76. The van der Waals surface area contributed by atoms with Gasteiger partial charge in [-0.05, 0) is 30.7 Å². The van der Waals surface area contributed by atoms with E-state index in [1.807, 2.05) is 36.4 Å². The molecule has 0 radical (unpaired) electrons. The molecule has 4 nitrogen and oxygen atoms in total. The number of anilines is 2. The van der Waals surface area contributed by atoms with E-state index in [9.17, 15) is 4.79 Å². The summed E-state index contributed by atoms with van der Waals surface area (Å²) >= 11 is 0. The highest BCUT2D eigenvalue weighted by Crippen LogP contribution is 2.10. The molecule has 0 spiro atoms. The van der Waals surface area contributed by atoms with Gasteiger partial charge in [-0.2, -0.15) is 0 Å². The van der Waals surface area contributed by atoms with Crippen LogP contribution in [0.5, 0.6) is 0 Å². The molecule has 1 aromatic heterocycles. The zero-order chi connectivity index (χ0) is 14.9. The normalized spacial score (nSPS) is 10.1. The standard InChI is InChI=1S/C17H21N3O/c1-2-3-7-12-18-15-10-11-16(19-13-15)17(21)20-14-8-5-4-6-9-14/h4-6,8-11,13,18H,2-3,7,12H2,1H3,(H,20,21). The van der Waals surface area contributed by atoms with Gasteiger partial charge in [0.15, 0.2) is 0 Å². The first-order valence-corrected chi connectivity index (χ1v) is 7.36. The van der Waals surface area contributed by atoms with Crippen LogP contribution in [0.2, 0.25) is 0 Å². The Morgan fingerprint density at radius 1 is 1.05 bits per heavy atom. The van der Waals surface area contributed by atoms with E-state index in [1.54, 1.807) is 12.3 Å². The number of carbonyl (C=O) groups is 1. The average Bonchev–Trinajstić information content (AvgIpc) is 2.53. The SMILES string of the molecule is CCCCCNc1ccc(C(=O)Nc2ccccc2)nc1. The third-order valence-electron chi connectivity index (χ3n) is 3.14. The summed E-state index contributed by atoms with van der Waals surface area (Å²) in [5.74, 6) is -0.196. The quantitative estimate of drug-likeness (QED) is 0.757. The van der Waals surface area contributed by atoms with E-state index in [0.717, 1.165) is 24.3 Å². The maximum Gasteiger partial charge on any atom is 0.274 e. The van der Waals surface area contributed by atoms with Gasteiger partial charge in [-0.3, -0.25) is 4.79 Å². The van der Waals surface area contributed by atoms with Crippen LogP contribution in [0.1, 0.15) is 36.7 Å². The van der Waals surface area contributed by atoms with Crippen LogP contribution in [0.3, 0.4) is 0 Å². The van der Waals surface area contributed by atoms with Crippen molar-refractivity contribution in [2.24, 2.45) is 0 Å². The van der Waals surface area contributed by atoms with Gasteiger partial charge >= 0.3 is 0 Å². The molecule has 21 heavy (non-hydrogen) atoms. The Labute approximate surface area is 125 Å². The first-order chi connectivity index (χ1) is 10.3. The Balaban J connectivity index is 1.88. The highest BCUT2D eigenvalue weighted by atomic mass is 16.1. The molecule has 0 fully saturated rings. The van der Waals surface area contributed by atoms with Crippen LogP contribution >= 0.6 is 0 Å². The number of unbranched alkanes of at least 4 members (excludes halogenated alkanes) is 2. The average molecular weight is 283 g/mol. The number of rotatable bonds is 7. The number of benzene rings is 1. The molecule has 0 aliphatic rings. The van der Waals surface area contributed by atoms with Crippen molar-refractivity contribution < 1.29 is 4.79 Å². The van der Waals surface area contributed by atoms with Gasteiger partial charge in [0.25, 0.3) is 5.91 Å². The summed E-state index contributed by atoms with van der Waals surface area (Å²) < 4.78 is 0. The second-order valence-electron chi connectivity index (χ2n) is 4.89. The molecule has 0 aliphatic heterocycles. The molecule has 0 atom stereocenters. The zero-order valence-corrected chi connectivity index (χ0v) is 12.3. The maximum absolute atomic E-state index is 12.0. The minimum atomic E-state index is -0.196.